The number of aliphatic hydroxyl groups excluding tert-OH is 1. The minimum atomic E-state index is -3.05. The summed E-state index contributed by atoms with van der Waals surface area (Å²) in [4.78, 5) is 37.0. The molecule has 0 aromatic carbocycles. The van der Waals surface area contributed by atoms with E-state index in [9.17, 15) is 24.6 Å². The second kappa shape index (κ2) is 6.82. The molecular weight excluding hydrogens is 403 g/mol. The summed E-state index contributed by atoms with van der Waals surface area (Å²) in [5.74, 6) is -3.74. The molecule has 31 heavy (non-hydrogen) atoms. The van der Waals surface area contributed by atoms with Crippen LogP contribution in [0.5, 0.6) is 0 Å². The summed E-state index contributed by atoms with van der Waals surface area (Å²) in [6.45, 7) is 1.49. The zero-order chi connectivity index (χ0) is 25.5. The predicted molar refractivity (Wildman–Crippen MR) is 110 cm³/mol. The number of ketones is 2. The highest BCUT2D eigenvalue weighted by atomic mass is 19.1. The molecule has 0 aromatic rings. The Morgan fingerprint density at radius 3 is 2.71 bits per heavy atom. The van der Waals surface area contributed by atoms with Gasteiger partial charge in [0.1, 0.15) is 5.60 Å². The Balaban J connectivity index is 1.67. The van der Waals surface area contributed by atoms with Crippen molar-refractivity contribution < 1.29 is 37.8 Å². The molecule has 0 aliphatic heterocycles. The van der Waals surface area contributed by atoms with Gasteiger partial charge in [-0.05, 0) is 64.0 Å². The summed E-state index contributed by atoms with van der Waals surface area (Å²) >= 11 is 0. The molecule has 7 heteroatoms. The normalized spacial score (nSPS) is 48.8. The van der Waals surface area contributed by atoms with Crippen molar-refractivity contribution in [1.82, 2.24) is 0 Å². The Kier molecular flexibility index (Phi) is 4.11. The average Bonchev–Trinajstić information content (AvgIpc) is 3.00. The topological polar surface area (TPSA) is 101 Å². The lowest BCUT2D eigenvalue weighted by atomic mass is 9.44. The van der Waals surface area contributed by atoms with Crippen molar-refractivity contribution in [1.29, 1.82) is 0 Å². The second-order valence-corrected chi connectivity index (χ2v) is 10.1. The van der Waals surface area contributed by atoms with Crippen LogP contribution in [0.15, 0.2) is 23.8 Å². The van der Waals surface area contributed by atoms with Crippen LogP contribution in [0, 0.1) is 22.7 Å². The third kappa shape index (κ3) is 2.72. The fourth-order valence-electron chi connectivity index (χ4n) is 7.17. The van der Waals surface area contributed by atoms with Crippen molar-refractivity contribution in [2.45, 2.75) is 83.2 Å². The van der Waals surface area contributed by atoms with Crippen molar-refractivity contribution in [3.63, 3.8) is 0 Å². The molecule has 0 aromatic heterocycles. The van der Waals surface area contributed by atoms with E-state index < -0.39 is 64.7 Å². The van der Waals surface area contributed by atoms with Crippen molar-refractivity contribution in [2.24, 2.45) is 22.7 Å². The maximum Gasteiger partial charge on any atom is 0.303 e. The van der Waals surface area contributed by atoms with Crippen molar-refractivity contribution in [3.05, 3.63) is 23.8 Å². The molecule has 0 radical (unpaired) electrons. The van der Waals surface area contributed by atoms with Crippen LogP contribution in [-0.4, -0.2) is 51.2 Å². The second-order valence-electron chi connectivity index (χ2n) is 10.1. The average molecular weight is 438 g/mol. The van der Waals surface area contributed by atoms with Gasteiger partial charge in [0.15, 0.2) is 17.6 Å². The number of Topliss-reactive ketones (excluding diaryl/α,β-unsaturated/α-hetero) is 1. The Morgan fingerprint density at radius 1 is 1.32 bits per heavy atom. The van der Waals surface area contributed by atoms with Crippen LogP contribution in [0.1, 0.15) is 63.8 Å². The van der Waals surface area contributed by atoms with Crippen LogP contribution in [0.3, 0.4) is 0 Å². The number of esters is 1. The molecule has 170 valence electrons. The zero-order valence-corrected chi connectivity index (χ0v) is 18.0. The van der Waals surface area contributed by atoms with Gasteiger partial charge in [-0.25, -0.2) is 4.39 Å². The molecule has 0 spiro atoms. The molecule has 0 amide bonds. The van der Waals surface area contributed by atoms with Gasteiger partial charge in [0, 0.05) is 27.7 Å². The van der Waals surface area contributed by atoms with Crippen LogP contribution in [-0.2, 0) is 19.1 Å². The number of allylic oxidation sites excluding steroid dienone is 4. The van der Waals surface area contributed by atoms with E-state index >= 15 is 4.39 Å². The SMILES string of the molecule is [2H]C([2H])([2H])C(=O)O[C@@H](C)C(=O)[C@@]1(O)CC[C@H]2[C@@H]3CCC4=CC(=O)C=C[C@]4(C)[C@@]3(F)[C@@H](O)C[C@@]21C. The van der Waals surface area contributed by atoms with E-state index in [-0.39, 0.29) is 18.6 Å². The number of alkyl halides is 1. The Hall–Kier alpha value is -1.86. The van der Waals surface area contributed by atoms with Crippen LogP contribution >= 0.6 is 0 Å². The first kappa shape index (κ1) is 18.7. The van der Waals surface area contributed by atoms with Crippen molar-refractivity contribution in [3.8, 4) is 0 Å². The van der Waals surface area contributed by atoms with Crippen LogP contribution in [0.4, 0.5) is 4.39 Å². The number of ether oxygens (including phenoxy) is 1. The number of fused-ring (bicyclic) bond motifs is 5. The zero-order valence-electron chi connectivity index (χ0n) is 21.0. The van der Waals surface area contributed by atoms with Crippen molar-refractivity contribution in [2.75, 3.05) is 0 Å². The van der Waals surface area contributed by atoms with E-state index in [1.54, 1.807) is 13.8 Å². The van der Waals surface area contributed by atoms with E-state index in [4.69, 9.17) is 8.85 Å². The third-order valence-electron chi connectivity index (χ3n) is 8.85. The number of rotatable bonds is 3. The molecule has 2 N–H and O–H groups in total. The highest BCUT2D eigenvalue weighted by molar-refractivity contribution is 6.01. The Morgan fingerprint density at radius 2 is 2.03 bits per heavy atom. The maximum atomic E-state index is 17.0. The molecule has 4 rings (SSSR count). The number of halogens is 1. The first-order valence-electron chi connectivity index (χ1n) is 12.3. The van der Waals surface area contributed by atoms with E-state index in [1.807, 2.05) is 0 Å². The minimum Gasteiger partial charge on any atom is -0.455 e. The lowest BCUT2D eigenvalue weighted by Gasteiger charge is -2.62. The summed E-state index contributed by atoms with van der Waals surface area (Å²) in [5.41, 5.74) is -5.87. The number of hydrogen-bond donors (Lipinski definition) is 2. The molecule has 6 nitrogen and oxygen atoms in total. The summed E-state index contributed by atoms with van der Waals surface area (Å²) < 4.78 is 43.3. The molecule has 0 unspecified atom stereocenters. The molecular formula is C24H31FO6. The van der Waals surface area contributed by atoms with Gasteiger partial charge >= 0.3 is 5.97 Å². The standard InChI is InChI=1S/C24H31FO6/c1-13(31-14(2)26)20(29)23(30)10-8-17-18-6-5-15-11-16(27)7-9-21(15,3)24(18,25)19(28)12-22(17,23)4/h7,9,11,13,17-19,28,30H,5-6,8,10,12H2,1-4H3/t13-,17-,18-,19-,21-,22-,23-,24-/m0/s1/i2D3. The molecule has 0 bridgehead atoms. The fraction of sp³-hybridized carbons (Fsp3) is 0.708. The summed E-state index contributed by atoms with van der Waals surface area (Å²) in [5, 5.41) is 22.9. The lowest BCUT2D eigenvalue weighted by Crippen LogP contribution is -2.69. The van der Waals surface area contributed by atoms with Crippen LogP contribution in [0.25, 0.3) is 0 Å². The predicted octanol–water partition coefficient (Wildman–Crippen LogP) is 2.61. The maximum absolute atomic E-state index is 17.0. The van der Waals surface area contributed by atoms with Gasteiger partial charge in [0.25, 0.3) is 0 Å². The highest BCUT2D eigenvalue weighted by Crippen LogP contribution is 2.69. The summed E-state index contributed by atoms with van der Waals surface area (Å²) in [6.07, 6.45) is 2.15. The molecule has 4 aliphatic carbocycles. The highest BCUT2D eigenvalue weighted by Gasteiger charge is 2.74. The van der Waals surface area contributed by atoms with Gasteiger partial charge in [0.2, 0.25) is 5.78 Å². The lowest BCUT2D eigenvalue weighted by molar-refractivity contribution is -0.219. The van der Waals surface area contributed by atoms with Crippen LogP contribution < -0.4 is 0 Å². The van der Waals surface area contributed by atoms with Gasteiger partial charge in [-0.3, -0.25) is 14.4 Å². The van der Waals surface area contributed by atoms with E-state index in [2.05, 4.69) is 0 Å². The Bertz CT molecular complexity index is 1010. The van der Waals surface area contributed by atoms with E-state index in [1.165, 1.54) is 25.2 Å². The Labute approximate surface area is 185 Å². The van der Waals surface area contributed by atoms with Gasteiger partial charge < -0.3 is 14.9 Å². The first-order chi connectivity index (χ1) is 15.5. The first-order valence-corrected chi connectivity index (χ1v) is 10.8. The molecule has 8 atom stereocenters. The van der Waals surface area contributed by atoms with Crippen LogP contribution in [0.2, 0.25) is 0 Å². The van der Waals surface area contributed by atoms with Crippen molar-refractivity contribution >= 4 is 17.5 Å². The summed E-state index contributed by atoms with van der Waals surface area (Å²) in [7, 11) is 0. The molecule has 0 heterocycles. The van der Waals surface area contributed by atoms with E-state index in [0.29, 0.717) is 24.8 Å². The van der Waals surface area contributed by atoms with Gasteiger partial charge in [-0.2, -0.15) is 0 Å². The monoisotopic (exact) mass is 437 g/mol. The fourth-order valence-corrected chi connectivity index (χ4v) is 7.17. The van der Waals surface area contributed by atoms with Gasteiger partial charge in [-0.1, -0.05) is 18.6 Å². The number of aliphatic hydroxyl groups is 2. The number of carbonyl (C=O) groups is 3. The van der Waals surface area contributed by atoms with Gasteiger partial charge in [0.05, 0.1) is 6.10 Å². The number of hydrogen-bond acceptors (Lipinski definition) is 6. The molecule has 4 aliphatic rings. The quantitative estimate of drug-likeness (QED) is 0.659. The largest absolute Gasteiger partial charge is 0.455 e. The smallest absolute Gasteiger partial charge is 0.303 e. The third-order valence-corrected chi connectivity index (χ3v) is 8.85. The summed E-state index contributed by atoms with van der Waals surface area (Å²) in [6, 6.07) is 0. The molecule has 3 fully saturated rings. The number of carbonyl (C=O) groups excluding carboxylic acids is 3. The molecule has 0 saturated heterocycles. The molecule has 3 saturated carbocycles. The van der Waals surface area contributed by atoms with Gasteiger partial charge in [-0.15, -0.1) is 0 Å². The minimum absolute atomic E-state index is 0.0182. The van der Waals surface area contributed by atoms with E-state index in [0.717, 1.165) is 0 Å².